The Balaban J connectivity index is 2.48. The van der Waals surface area contributed by atoms with E-state index < -0.39 is 0 Å². The highest BCUT2D eigenvalue weighted by Crippen LogP contribution is 2.37. The monoisotopic (exact) mass is 190 g/mol. The standard InChI is InChI=1S/C12H18N2/c1-12(2,3)14-8-7-9-5-4-6-10(13)11(9)14/h4-6H,7-8,13H2,1-3H3. The van der Waals surface area contributed by atoms with Gasteiger partial charge in [-0.3, -0.25) is 0 Å². The molecular weight excluding hydrogens is 172 g/mol. The minimum Gasteiger partial charge on any atom is -0.397 e. The van der Waals surface area contributed by atoms with Crippen LogP contribution in [0, 0.1) is 0 Å². The lowest BCUT2D eigenvalue weighted by Crippen LogP contribution is -2.40. The number of hydrogen-bond acceptors (Lipinski definition) is 2. The zero-order valence-electron chi connectivity index (χ0n) is 9.17. The van der Waals surface area contributed by atoms with Crippen molar-refractivity contribution >= 4 is 11.4 Å². The van der Waals surface area contributed by atoms with Gasteiger partial charge in [-0.05, 0) is 38.8 Å². The molecule has 0 amide bonds. The van der Waals surface area contributed by atoms with E-state index >= 15 is 0 Å². The topological polar surface area (TPSA) is 29.3 Å². The molecule has 0 spiro atoms. The van der Waals surface area contributed by atoms with Crippen molar-refractivity contribution in [2.24, 2.45) is 0 Å². The number of nitrogens with zero attached hydrogens (tertiary/aromatic N) is 1. The Kier molecular flexibility index (Phi) is 1.95. The van der Waals surface area contributed by atoms with Crippen LogP contribution in [-0.4, -0.2) is 12.1 Å². The van der Waals surface area contributed by atoms with Crippen LogP contribution >= 0.6 is 0 Å². The van der Waals surface area contributed by atoms with Crippen LogP contribution in [0.2, 0.25) is 0 Å². The van der Waals surface area contributed by atoms with Gasteiger partial charge < -0.3 is 10.6 Å². The molecule has 0 saturated heterocycles. The fourth-order valence-corrected chi connectivity index (χ4v) is 2.16. The average Bonchev–Trinajstić information content (AvgIpc) is 2.47. The van der Waals surface area contributed by atoms with Gasteiger partial charge in [0, 0.05) is 12.1 Å². The summed E-state index contributed by atoms with van der Waals surface area (Å²) in [5.74, 6) is 0. The van der Waals surface area contributed by atoms with Crippen LogP contribution in [0.3, 0.4) is 0 Å². The van der Waals surface area contributed by atoms with Gasteiger partial charge in [0.1, 0.15) is 0 Å². The van der Waals surface area contributed by atoms with Gasteiger partial charge in [-0.25, -0.2) is 0 Å². The van der Waals surface area contributed by atoms with Gasteiger partial charge in [0.25, 0.3) is 0 Å². The third kappa shape index (κ3) is 1.35. The molecule has 0 atom stereocenters. The molecule has 0 bridgehead atoms. The normalized spacial score (nSPS) is 15.8. The summed E-state index contributed by atoms with van der Waals surface area (Å²) in [5, 5.41) is 0. The molecule has 2 nitrogen and oxygen atoms in total. The first kappa shape index (κ1) is 9.38. The summed E-state index contributed by atoms with van der Waals surface area (Å²) < 4.78 is 0. The van der Waals surface area contributed by atoms with E-state index in [1.807, 2.05) is 12.1 Å². The van der Waals surface area contributed by atoms with Crippen molar-refractivity contribution in [3.63, 3.8) is 0 Å². The van der Waals surface area contributed by atoms with Gasteiger partial charge >= 0.3 is 0 Å². The maximum absolute atomic E-state index is 6.02. The minimum absolute atomic E-state index is 0.167. The van der Waals surface area contributed by atoms with Crippen molar-refractivity contribution in [1.29, 1.82) is 0 Å². The second-order valence-corrected chi connectivity index (χ2v) is 4.93. The molecule has 1 aliphatic rings. The third-order valence-corrected chi connectivity index (χ3v) is 2.84. The Morgan fingerprint density at radius 3 is 2.64 bits per heavy atom. The van der Waals surface area contributed by atoms with E-state index in [1.165, 1.54) is 11.3 Å². The number of benzene rings is 1. The Morgan fingerprint density at radius 2 is 2.00 bits per heavy atom. The molecule has 1 heterocycles. The summed E-state index contributed by atoms with van der Waals surface area (Å²) in [5.41, 5.74) is 9.74. The van der Waals surface area contributed by atoms with Crippen LogP contribution < -0.4 is 10.6 Å². The van der Waals surface area contributed by atoms with Crippen LogP contribution in [0.5, 0.6) is 0 Å². The summed E-state index contributed by atoms with van der Waals surface area (Å²) in [4.78, 5) is 2.40. The van der Waals surface area contributed by atoms with Crippen molar-refractivity contribution in [1.82, 2.24) is 0 Å². The first-order valence-electron chi connectivity index (χ1n) is 5.15. The van der Waals surface area contributed by atoms with Crippen LogP contribution in [0.4, 0.5) is 11.4 Å². The molecule has 1 aromatic rings. The zero-order chi connectivity index (χ0) is 10.3. The fraction of sp³-hybridized carbons (Fsp3) is 0.500. The molecule has 2 heteroatoms. The van der Waals surface area contributed by atoms with Gasteiger partial charge in [0.05, 0.1) is 11.4 Å². The highest BCUT2D eigenvalue weighted by molar-refractivity contribution is 5.75. The first-order valence-corrected chi connectivity index (χ1v) is 5.15. The number of nitrogen functional groups attached to an aromatic ring is 1. The quantitative estimate of drug-likeness (QED) is 0.637. The highest BCUT2D eigenvalue weighted by Gasteiger charge is 2.29. The van der Waals surface area contributed by atoms with Crippen molar-refractivity contribution in [2.45, 2.75) is 32.7 Å². The molecule has 1 aliphatic heterocycles. The molecule has 2 rings (SSSR count). The Bertz CT molecular complexity index is 350. The highest BCUT2D eigenvalue weighted by atomic mass is 15.2. The van der Waals surface area contributed by atoms with Crippen LogP contribution in [0.25, 0.3) is 0 Å². The predicted molar refractivity (Wildman–Crippen MR) is 61.7 cm³/mol. The van der Waals surface area contributed by atoms with E-state index in [0.717, 1.165) is 18.7 Å². The van der Waals surface area contributed by atoms with E-state index in [0.29, 0.717) is 0 Å². The maximum Gasteiger partial charge on any atom is 0.0637 e. The summed E-state index contributed by atoms with van der Waals surface area (Å²) in [7, 11) is 0. The van der Waals surface area contributed by atoms with Gasteiger partial charge in [-0.1, -0.05) is 12.1 Å². The number of rotatable bonds is 0. The molecule has 76 valence electrons. The molecule has 14 heavy (non-hydrogen) atoms. The number of nitrogens with two attached hydrogens (primary N) is 1. The Labute approximate surface area is 85.7 Å². The summed E-state index contributed by atoms with van der Waals surface area (Å²) in [6, 6.07) is 6.21. The number of anilines is 2. The van der Waals surface area contributed by atoms with Crippen LogP contribution in [-0.2, 0) is 6.42 Å². The van der Waals surface area contributed by atoms with E-state index in [-0.39, 0.29) is 5.54 Å². The van der Waals surface area contributed by atoms with Crippen molar-refractivity contribution in [2.75, 3.05) is 17.2 Å². The minimum atomic E-state index is 0.167. The molecule has 2 N–H and O–H groups in total. The first-order chi connectivity index (χ1) is 6.50. The van der Waals surface area contributed by atoms with Gasteiger partial charge in [-0.2, -0.15) is 0 Å². The summed E-state index contributed by atoms with van der Waals surface area (Å²) >= 11 is 0. The molecule has 1 aromatic carbocycles. The fourth-order valence-electron chi connectivity index (χ4n) is 2.16. The Hall–Kier alpha value is -1.18. The van der Waals surface area contributed by atoms with Gasteiger partial charge in [0.15, 0.2) is 0 Å². The lowest BCUT2D eigenvalue weighted by molar-refractivity contribution is 0.518. The maximum atomic E-state index is 6.02. The molecule has 0 aromatic heterocycles. The second-order valence-electron chi connectivity index (χ2n) is 4.93. The summed E-state index contributed by atoms with van der Waals surface area (Å²) in [6.45, 7) is 7.78. The summed E-state index contributed by atoms with van der Waals surface area (Å²) in [6.07, 6.45) is 1.12. The van der Waals surface area contributed by atoms with E-state index in [9.17, 15) is 0 Å². The second kappa shape index (κ2) is 2.91. The van der Waals surface area contributed by atoms with Crippen molar-refractivity contribution in [3.05, 3.63) is 23.8 Å². The van der Waals surface area contributed by atoms with E-state index in [2.05, 4.69) is 31.7 Å². The molecule has 0 radical (unpaired) electrons. The number of fused-ring (bicyclic) bond motifs is 1. The van der Waals surface area contributed by atoms with Crippen molar-refractivity contribution < 1.29 is 0 Å². The van der Waals surface area contributed by atoms with Crippen LogP contribution in [0.1, 0.15) is 26.3 Å². The zero-order valence-corrected chi connectivity index (χ0v) is 9.17. The molecule has 0 fully saturated rings. The molecule has 0 aliphatic carbocycles. The number of para-hydroxylation sites is 1. The Morgan fingerprint density at radius 1 is 1.29 bits per heavy atom. The largest absolute Gasteiger partial charge is 0.397 e. The average molecular weight is 190 g/mol. The molecular formula is C12H18N2. The lowest BCUT2D eigenvalue weighted by Gasteiger charge is -2.35. The SMILES string of the molecule is CC(C)(C)N1CCc2cccc(N)c21. The van der Waals surface area contributed by atoms with Crippen LogP contribution in [0.15, 0.2) is 18.2 Å². The van der Waals surface area contributed by atoms with E-state index in [1.54, 1.807) is 0 Å². The van der Waals surface area contributed by atoms with Crippen molar-refractivity contribution in [3.8, 4) is 0 Å². The van der Waals surface area contributed by atoms with Gasteiger partial charge in [0.2, 0.25) is 0 Å². The number of hydrogen-bond donors (Lipinski definition) is 1. The smallest absolute Gasteiger partial charge is 0.0637 e. The molecule has 0 unspecified atom stereocenters. The lowest BCUT2D eigenvalue weighted by atomic mass is 10.1. The third-order valence-electron chi connectivity index (χ3n) is 2.84. The molecule has 0 saturated carbocycles. The predicted octanol–water partition coefficient (Wildman–Crippen LogP) is 2.43. The van der Waals surface area contributed by atoms with E-state index in [4.69, 9.17) is 5.73 Å². The van der Waals surface area contributed by atoms with Gasteiger partial charge in [-0.15, -0.1) is 0 Å².